The van der Waals surface area contributed by atoms with Crippen LogP contribution in [0.3, 0.4) is 0 Å². The van der Waals surface area contributed by atoms with Gasteiger partial charge in [-0.25, -0.2) is 4.79 Å². The Morgan fingerprint density at radius 1 is 1.21 bits per heavy atom. The Morgan fingerprint density at radius 3 is 2.21 bits per heavy atom. The van der Waals surface area contributed by atoms with E-state index in [2.05, 4.69) is 23.5 Å². The number of anilines is 1. The van der Waals surface area contributed by atoms with Crippen molar-refractivity contribution in [3.8, 4) is 12.3 Å². The van der Waals surface area contributed by atoms with E-state index in [-0.39, 0.29) is 6.03 Å². The van der Waals surface area contributed by atoms with E-state index in [1.807, 2.05) is 38.1 Å². The third-order valence-corrected chi connectivity index (χ3v) is 3.46. The van der Waals surface area contributed by atoms with Crippen molar-refractivity contribution in [3.63, 3.8) is 0 Å². The molecule has 1 rings (SSSR count). The lowest BCUT2D eigenvalue weighted by Gasteiger charge is -2.27. The third kappa shape index (κ3) is 4.03. The van der Waals surface area contributed by atoms with E-state index in [4.69, 9.17) is 6.42 Å². The number of hydrogen-bond donors (Lipinski definition) is 2. The molecule has 0 fully saturated rings. The highest BCUT2D eigenvalue weighted by atomic mass is 16.2. The van der Waals surface area contributed by atoms with E-state index in [0.717, 1.165) is 12.1 Å². The molecule has 0 aromatic heterocycles. The Balaban J connectivity index is 2.66. The molecule has 1 aromatic rings. The highest BCUT2D eigenvalue weighted by Gasteiger charge is 2.25. The Morgan fingerprint density at radius 2 is 1.79 bits per heavy atom. The Labute approximate surface area is 115 Å². The average Bonchev–Trinajstić information content (AvgIpc) is 2.46. The summed E-state index contributed by atoms with van der Waals surface area (Å²) < 4.78 is 0. The van der Waals surface area contributed by atoms with Crippen molar-refractivity contribution >= 4 is 11.7 Å². The van der Waals surface area contributed by atoms with E-state index in [9.17, 15) is 4.79 Å². The number of rotatable bonds is 5. The van der Waals surface area contributed by atoms with Gasteiger partial charge in [0.1, 0.15) is 5.54 Å². The summed E-state index contributed by atoms with van der Waals surface area (Å²) in [5.41, 5.74) is 1.45. The summed E-state index contributed by atoms with van der Waals surface area (Å²) >= 11 is 0. The minimum absolute atomic E-state index is 0.258. The summed E-state index contributed by atoms with van der Waals surface area (Å²) in [5, 5.41) is 5.68. The predicted octanol–water partition coefficient (Wildman–Crippen LogP) is 3.56. The van der Waals surface area contributed by atoms with Gasteiger partial charge in [-0.1, -0.05) is 38.8 Å². The smallest absolute Gasteiger partial charge is 0.320 e. The van der Waals surface area contributed by atoms with Gasteiger partial charge in [-0.05, 0) is 37.0 Å². The van der Waals surface area contributed by atoms with Crippen LogP contribution in [0.5, 0.6) is 0 Å². The summed E-state index contributed by atoms with van der Waals surface area (Å²) in [5.74, 6) is 2.68. The summed E-state index contributed by atoms with van der Waals surface area (Å²) in [6.45, 7) is 6.04. The van der Waals surface area contributed by atoms with Crippen LogP contribution in [0, 0.1) is 12.3 Å². The molecular weight excluding hydrogens is 236 g/mol. The summed E-state index contributed by atoms with van der Waals surface area (Å²) in [7, 11) is 0. The standard InChI is InChI=1S/C16H22N2O/c1-5-13-9-11-14(12-10-13)17-15(19)18-16(6-2,7-3)8-4/h2,9-12H,5,7-8H2,1,3-4H3,(H2,17,18,19). The quantitative estimate of drug-likeness (QED) is 0.779. The maximum absolute atomic E-state index is 11.9. The van der Waals surface area contributed by atoms with Gasteiger partial charge in [-0.15, -0.1) is 6.42 Å². The van der Waals surface area contributed by atoms with Gasteiger partial charge in [0, 0.05) is 5.69 Å². The molecular formula is C16H22N2O. The Hall–Kier alpha value is -1.95. The monoisotopic (exact) mass is 258 g/mol. The molecule has 0 saturated carbocycles. The van der Waals surface area contributed by atoms with Crippen LogP contribution >= 0.6 is 0 Å². The topological polar surface area (TPSA) is 41.1 Å². The fraction of sp³-hybridized carbons (Fsp3) is 0.438. The number of benzene rings is 1. The SMILES string of the molecule is C#CC(CC)(CC)NC(=O)Nc1ccc(CC)cc1. The normalized spacial score (nSPS) is 10.6. The van der Waals surface area contributed by atoms with E-state index in [1.165, 1.54) is 5.56 Å². The van der Waals surface area contributed by atoms with Gasteiger partial charge in [0.25, 0.3) is 0 Å². The molecule has 0 bridgehead atoms. The van der Waals surface area contributed by atoms with E-state index in [0.29, 0.717) is 12.8 Å². The molecule has 0 radical (unpaired) electrons. The van der Waals surface area contributed by atoms with Gasteiger partial charge >= 0.3 is 6.03 Å². The summed E-state index contributed by atoms with van der Waals surface area (Å²) in [6.07, 6.45) is 7.92. The van der Waals surface area contributed by atoms with E-state index < -0.39 is 5.54 Å². The molecule has 0 aliphatic carbocycles. The second kappa shape index (κ2) is 6.84. The molecule has 0 unspecified atom stereocenters. The third-order valence-electron chi connectivity index (χ3n) is 3.46. The molecule has 0 heterocycles. The number of aryl methyl sites for hydroxylation is 1. The van der Waals surface area contributed by atoms with Crippen LogP contribution in [-0.2, 0) is 6.42 Å². The first-order valence-electron chi connectivity index (χ1n) is 6.75. The first-order chi connectivity index (χ1) is 9.09. The first kappa shape index (κ1) is 15.1. The van der Waals surface area contributed by atoms with Crippen LogP contribution in [0.1, 0.15) is 39.2 Å². The van der Waals surface area contributed by atoms with Crippen molar-refractivity contribution < 1.29 is 4.79 Å². The molecule has 102 valence electrons. The second-order valence-electron chi connectivity index (χ2n) is 4.56. The van der Waals surface area contributed by atoms with Crippen LogP contribution in [0.4, 0.5) is 10.5 Å². The highest BCUT2D eigenvalue weighted by molar-refractivity contribution is 5.90. The zero-order chi connectivity index (χ0) is 14.3. The van der Waals surface area contributed by atoms with Crippen LogP contribution < -0.4 is 10.6 Å². The Bertz CT molecular complexity index is 453. The number of nitrogens with one attached hydrogen (secondary N) is 2. The molecule has 2 amide bonds. The highest BCUT2D eigenvalue weighted by Crippen LogP contribution is 2.15. The van der Waals surface area contributed by atoms with Gasteiger partial charge < -0.3 is 10.6 Å². The van der Waals surface area contributed by atoms with Gasteiger partial charge in [0.05, 0.1) is 0 Å². The second-order valence-corrected chi connectivity index (χ2v) is 4.56. The molecule has 0 aliphatic heterocycles. The molecule has 0 aliphatic rings. The molecule has 19 heavy (non-hydrogen) atoms. The zero-order valence-corrected chi connectivity index (χ0v) is 11.9. The number of carbonyl (C=O) groups is 1. The van der Waals surface area contributed by atoms with Crippen LogP contribution in [-0.4, -0.2) is 11.6 Å². The minimum atomic E-state index is -0.562. The van der Waals surface area contributed by atoms with Crippen molar-refractivity contribution in [2.45, 2.75) is 45.6 Å². The van der Waals surface area contributed by atoms with Crippen molar-refractivity contribution in [1.82, 2.24) is 5.32 Å². The van der Waals surface area contributed by atoms with Crippen LogP contribution in [0.25, 0.3) is 0 Å². The first-order valence-corrected chi connectivity index (χ1v) is 6.75. The molecule has 0 saturated heterocycles. The number of urea groups is 1. The number of terminal acetylenes is 1. The van der Waals surface area contributed by atoms with Crippen molar-refractivity contribution in [1.29, 1.82) is 0 Å². The van der Waals surface area contributed by atoms with Gasteiger partial charge in [-0.2, -0.15) is 0 Å². The van der Waals surface area contributed by atoms with Crippen molar-refractivity contribution in [2.75, 3.05) is 5.32 Å². The predicted molar refractivity (Wildman–Crippen MR) is 80.1 cm³/mol. The maximum Gasteiger partial charge on any atom is 0.320 e. The average molecular weight is 258 g/mol. The van der Waals surface area contributed by atoms with E-state index >= 15 is 0 Å². The lowest BCUT2D eigenvalue weighted by molar-refractivity contribution is 0.242. The van der Waals surface area contributed by atoms with Crippen molar-refractivity contribution in [3.05, 3.63) is 29.8 Å². The molecule has 0 atom stereocenters. The summed E-state index contributed by atoms with van der Waals surface area (Å²) in [6, 6.07) is 7.54. The summed E-state index contributed by atoms with van der Waals surface area (Å²) in [4.78, 5) is 11.9. The van der Waals surface area contributed by atoms with Crippen LogP contribution in [0.15, 0.2) is 24.3 Å². The van der Waals surface area contributed by atoms with Gasteiger partial charge in [0.2, 0.25) is 0 Å². The lowest BCUT2D eigenvalue weighted by atomic mass is 9.94. The molecule has 1 aromatic carbocycles. The molecule has 3 nitrogen and oxygen atoms in total. The zero-order valence-electron chi connectivity index (χ0n) is 11.9. The lowest BCUT2D eigenvalue weighted by Crippen LogP contribution is -2.48. The molecule has 2 N–H and O–H groups in total. The number of carbonyl (C=O) groups excluding carboxylic acids is 1. The fourth-order valence-corrected chi connectivity index (χ4v) is 1.87. The molecule has 0 spiro atoms. The minimum Gasteiger partial charge on any atom is -0.322 e. The maximum atomic E-state index is 11.9. The molecule has 3 heteroatoms. The van der Waals surface area contributed by atoms with Gasteiger partial charge in [0.15, 0.2) is 0 Å². The van der Waals surface area contributed by atoms with E-state index in [1.54, 1.807) is 0 Å². The largest absolute Gasteiger partial charge is 0.322 e. The van der Waals surface area contributed by atoms with Crippen molar-refractivity contribution in [2.24, 2.45) is 0 Å². The van der Waals surface area contributed by atoms with Gasteiger partial charge in [-0.3, -0.25) is 0 Å². The number of amides is 2. The fourth-order valence-electron chi connectivity index (χ4n) is 1.87. The van der Waals surface area contributed by atoms with Crippen LogP contribution in [0.2, 0.25) is 0 Å². The number of hydrogen-bond acceptors (Lipinski definition) is 1. The Kier molecular flexibility index (Phi) is 5.44.